The van der Waals surface area contributed by atoms with Gasteiger partial charge in [0.05, 0.1) is 19.3 Å². The first-order valence-electron chi connectivity index (χ1n) is 10.9. The molecular weight excluding hydrogens is 390 g/mol. The zero-order valence-electron chi connectivity index (χ0n) is 19.2. The van der Waals surface area contributed by atoms with Gasteiger partial charge in [-0.3, -0.25) is 9.69 Å². The molecule has 0 aromatic heterocycles. The Morgan fingerprint density at radius 1 is 1.13 bits per heavy atom. The van der Waals surface area contributed by atoms with E-state index >= 15 is 0 Å². The van der Waals surface area contributed by atoms with Crippen molar-refractivity contribution in [3.8, 4) is 5.75 Å². The van der Waals surface area contributed by atoms with Crippen molar-refractivity contribution in [2.75, 3.05) is 32.1 Å². The Morgan fingerprint density at radius 3 is 2.45 bits per heavy atom. The van der Waals surface area contributed by atoms with E-state index in [4.69, 9.17) is 9.47 Å². The highest BCUT2D eigenvalue weighted by Crippen LogP contribution is 2.24. The molecule has 0 spiro atoms. The van der Waals surface area contributed by atoms with Gasteiger partial charge in [-0.2, -0.15) is 0 Å². The molecule has 1 amide bonds. The Morgan fingerprint density at radius 2 is 1.81 bits per heavy atom. The number of nitrogens with one attached hydrogen (secondary N) is 2. The molecule has 1 saturated heterocycles. The molecular formula is C25H35N3O3. The van der Waals surface area contributed by atoms with Gasteiger partial charge in [-0.25, -0.2) is 0 Å². The normalized spacial score (nSPS) is 20.8. The maximum atomic E-state index is 13.3. The summed E-state index contributed by atoms with van der Waals surface area (Å²) < 4.78 is 11.2. The zero-order valence-corrected chi connectivity index (χ0v) is 19.2. The third-order valence-corrected chi connectivity index (χ3v) is 5.75. The molecule has 1 aliphatic rings. The molecule has 3 atom stereocenters. The standard InChI is InChI=1S/C25H35N3O3/c1-18-15-28(16-19(2)31-18)25(3,4)17-26-23(20-10-7-6-8-11-20)24(29)27-21-12-9-13-22(14-21)30-5/h6-14,18-19,23,26H,15-17H2,1-5H3,(H,27,29)/t18-,19-,23+/m0/s1. The van der Waals surface area contributed by atoms with Gasteiger partial charge < -0.3 is 20.1 Å². The Labute approximate surface area is 185 Å². The summed E-state index contributed by atoms with van der Waals surface area (Å²) >= 11 is 0. The monoisotopic (exact) mass is 425 g/mol. The molecule has 0 saturated carbocycles. The van der Waals surface area contributed by atoms with E-state index in [-0.39, 0.29) is 23.7 Å². The first-order valence-corrected chi connectivity index (χ1v) is 10.9. The minimum Gasteiger partial charge on any atom is -0.497 e. The van der Waals surface area contributed by atoms with E-state index in [1.54, 1.807) is 7.11 Å². The molecule has 168 valence electrons. The molecule has 0 radical (unpaired) electrons. The number of hydrogen-bond donors (Lipinski definition) is 2. The van der Waals surface area contributed by atoms with Crippen LogP contribution in [0.15, 0.2) is 54.6 Å². The van der Waals surface area contributed by atoms with Crippen LogP contribution in [0.5, 0.6) is 5.75 Å². The summed E-state index contributed by atoms with van der Waals surface area (Å²) in [6.07, 6.45) is 0.397. The highest BCUT2D eigenvalue weighted by molar-refractivity contribution is 5.95. The SMILES string of the molecule is COc1cccc(NC(=O)[C@H](NCC(C)(C)N2C[C@H](C)O[C@@H](C)C2)c2ccccc2)c1. The molecule has 1 fully saturated rings. The number of carbonyl (C=O) groups is 1. The van der Waals surface area contributed by atoms with Crippen molar-refractivity contribution in [3.63, 3.8) is 0 Å². The van der Waals surface area contributed by atoms with E-state index in [1.165, 1.54) is 0 Å². The first kappa shape index (κ1) is 23.3. The summed E-state index contributed by atoms with van der Waals surface area (Å²) in [5, 5.41) is 6.56. The van der Waals surface area contributed by atoms with Crippen LogP contribution in [0.4, 0.5) is 5.69 Å². The van der Waals surface area contributed by atoms with Crippen molar-refractivity contribution >= 4 is 11.6 Å². The number of carbonyl (C=O) groups excluding carboxylic acids is 1. The third kappa shape index (κ3) is 6.29. The summed E-state index contributed by atoms with van der Waals surface area (Å²) in [5.74, 6) is 0.609. The van der Waals surface area contributed by atoms with Crippen molar-refractivity contribution in [3.05, 3.63) is 60.2 Å². The second-order valence-corrected chi connectivity index (χ2v) is 8.92. The highest BCUT2D eigenvalue weighted by atomic mass is 16.5. The van der Waals surface area contributed by atoms with Gasteiger partial charge in [0, 0.05) is 36.9 Å². The van der Waals surface area contributed by atoms with Gasteiger partial charge >= 0.3 is 0 Å². The van der Waals surface area contributed by atoms with Crippen LogP contribution in [0.25, 0.3) is 0 Å². The molecule has 2 aromatic carbocycles. The molecule has 2 N–H and O–H groups in total. The van der Waals surface area contributed by atoms with Gasteiger partial charge in [0.1, 0.15) is 11.8 Å². The van der Waals surface area contributed by atoms with Crippen molar-refractivity contribution < 1.29 is 14.3 Å². The molecule has 0 aliphatic carbocycles. The average molecular weight is 426 g/mol. The Hall–Kier alpha value is -2.41. The van der Waals surface area contributed by atoms with E-state index in [9.17, 15) is 4.79 Å². The number of morpholine rings is 1. The lowest BCUT2D eigenvalue weighted by atomic mass is 9.98. The maximum absolute atomic E-state index is 13.3. The molecule has 31 heavy (non-hydrogen) atoms. The van der Waals surface area contributed by atoms with E-state index in [0.29, 0.717) is 18.0 Å². The predicted octanol–water partition coefficient (Wildman–Crippen LogP) is 3.85. The summed E-state index contributed by atoms with van der Waals surface area (Å²) in [4.78, 5) is 15.7. The van der Waals surface area contributed by atoms with Gasteiger partial charge in [-0.15, -0.1) is 0 Å². The fourth-order valence-electron chi connectivity index (χ4n) is 4.06. The van der Waals surface area contributed by atoms with Crippen molar-refractivity contribution in [1.29, 1.82) is 0 Å². The lowest BCUT2D eigenvalue weighted by molar-refractivity contribution is -0.119. The minimum atomic E-state index is -0.470. The van der Waals surface area contributed by atoms with Crippen molar-refractivity contribution in [2.24, 2.45) is 0 Å². The van der Waals surface area contributed by atoms with Crippen LogP contribution in [-0.4, -0.2) is 55.3 Å². The molecule has 6 nitrogen and oxygen atoms in total. The molecule has 2 aromatic rings. The van der Waals surface area contributed by atoms with Crippen molar-refractivity contribution in [1.82, 2.24) is 10.2 Å². The second-order valence-electron chi connectivity index (χ2n) is 8.92. The van der Waals surface area contributed by atoms with Gasteiger partial charge in [-0.1, -0.05) is 36.4 Å². The first-order chi connectivity index (χ1) is 14.8. The van der Waals surface area contributed by atoms with Gasteiger partial charge in [0.15, 0.2) is 0 Å². The van der Waals surface area contributed by atoms with Gasteiger partial charge in [0.25, 0.3) is 0 Å². The summed E-state index contributed by atoms with van der Waals surface area (Å²) in [6.45, 7) is 11.1. The van der Waals surface area contributed by atoms with Crippen LogP contribution < -0.4 is 15.4 Å². The lowest BCUT2D eigenvalue weighted by Gasteiger charge is -2.45. The number of benzene rings is 2. The predicted molar refractivity (Wildman–Crippen MR) is 124 cm³/mol. The van der Waals surface area contributed by atoms with E-state index in [0.717, 1.165) is 18.7 Å². The average Bonchev–Trinajstić information content (AvgIpc) is 2.74. The van der Waals surface area contributed by atoms with Crippen LogP contribution in [0.1, 0.15) is 39.3 Å². The zero-order chi connectivity index (χ0) is 22.4. The summed E-state index contributed by atoms with van der Waals surface area (Å²) in [5.41, 5.74) is 1.51. The number of rotatable bonds is 8. The number of hydrogen-bond acceptors (Lipinski definition) is 5. The van der Waals surface area contributed by atoms with E-state index in [2.05, 4.69) is 43.2 Å². The van der Waals surface area contributed by atoms with E-state index in [1.807, 2.05) is 54.6 Å². The quantitative estimate of drug-likeness (QED) is 0.673. The maximum Gasteiger partial charge on any atom is 0.246 e. The second kappa shape index (κ2) is 10.3. The van der Waals surface area contributed by atoms with Crippen LogP contribution in [-0.2, 0) is 9.53 Å². The van der Waals surface area contributed by atoms with Crippen LogP contribution >= 0.6 is 0 Å². The highest BCUT2D eigenvalue weighted by Gasteiger charge is 2.34. The Kier molecular flexibility index (Phi) is 7.70. The van der Waals surface area contributed by atoms with Crippen LogP contribution in [0, 0.1) is 0 Å². The Bertz CT molecular complexity index is 846. The topological polar surface area (TPSA) is 62.8 Å². The molecule has 1 heterocycles. The van der Waals surface area contributed by atoms with Crippen LogP contribution in [0.3, 0.4) is 0 Å². The number of nitrogens with zero attached hydrogens (tertiary/aromatic N) is 1. The number of ether oxygens (including phenoxy) is 2. The van der Waals surface area contributed by atoms with Gasteiger partial charge in [0.2, 0.25) is 5.91 Å². The summed E-state index contributed by atoms with van der Waals surface area (Å²) in [6, 6.07) is 16.8. The van der Waals surface area contributed by atoms with Crippen molar-refractivity contribution in [2.45, 2.75) is 51.5 Å². The lowest BCUT2D eigenvalue weighted by Crippen LogP contribution is -2.58. The third-order valence-electron chi connectivity index (χ3n) is 5.75. The number of methoxy groups -OCH3 is 1. The summed E-state index contributed by atoms with van der Waals surface area (Å²) in [7, 11) is 1.62. The smallest absolute Gasteiger partial charge is 0.246 e. The largest absolute Gasteiger partial charge is 0.497 e. The molecule has 6 heteroatoms. The fourth-order valence-corrected chi connectivity index (χ4v) is 4.06. The minimum absolute atomic E-state index is 0.0982. The molecule has 0 bridgehead atoms. The number of amides is 1. The Balaban J connectivity index is 1.74. The number of anilines is 1. The van der Waals surface area contributed by atoms with E-state index < -0.39 is 6.04 Å². The molecule has 3 rings (SSSR count). The molecule has 1 aliphatic heterocycles. The van der Waals surface area contributed by atoms with Crippen LogP contribution in [0.2, 0.25) is 0 Å². The fraction of sp³-hybridized carbons (Fsp3) is 0.480. The van der Waals surface area contributed by atoms with Gasteiger partial charge in [-0.05, 0) is 45.4 Å². The molecule has 0 unspecified atom stereocenters.